The maximum Gasteiger partial charge on any atom is 0.294 e. The standard InChI is InChI=1S/C20H25FN2O3/c1-13-8-9-15(21)11-17(13)18(24)20(26)23-10-4-5-14(12-23)19(25)22-16-6-2-3-7-16/h8-9,11,14,16H,2-7,10,12H2,1H3,(H,22,25). The normalized spacial score (nSPS) is 20.8. The fraction of sp³-hybridized carbons (Fsp3) is 0.550. The molecule has 1 aromatic carbocycles. The van der Waals surface area contributed by atoms with E-state index in [1.807, 2.05) is 0 Å². The predicted molar refractivity (Wildman–Crippen MR) is 95.2 cm³/mol. The molecule has 2 amide bonds. The molecule has 1 aromatic rings. The molecule has 2 fully saturated rings. The van der Waals surface area contributed by atoms with E-state index in [2.05, 4.69) is 5.32 Å². The lowest BCUT2D eigenvalue weighted by Crippen LogP contribution is -2.48. The summed E-state index contributed by atoms with van der Waals surface area (Å²) in [6, 6.07) is 4.10. The summed E-state index contributed by atoms with van der Waals surface area (Å²) in [6.45, 7) is 2.37. The Hall–Kier alpha value is -2.24. The van der Waals surface area contributed by atoms with Crippen molar-refractivity contribution in [1.82, 2.24) is 10.2 Å². The number of rotatable bonds is 4. The zero-order valence-electron chi connectivity index (χ0n) is 15.1. The number of nitrogens with one attached hydrogen (secondary N) is 1. The highest BCUT2D eigenvalue weighted by Gasteiger charge is 2.33. The van der Waals surface area contributed by atoms with Gasteiger partial charge in [0.15, 0.2) is 0 Å². The number of likely N-dealkylation sites (tertiary alicyclic amines) is 1. The van der Waals surface area contributed by atoms with Gasteiger partial charge >= 0.3 is 0 Å². The average molecular weight is 360 g/mol. The summed E-state index contributed by atoms with van der Waals surface area (Å²) >= 11 is 0. The lowest BCUT2D eigenvalue weighted by molar-refractivity contribution is -0.132. The van der Waals surface area contributed by atoms with Gasteiger partial charge in [-0.3, -0.25) is 14.4 Å². The quantitative estimate of drug-likeness (QED) is 0.663. The molecule has 1 heterocycles. The minimum atomic E-state index is -0.709. The van der Waals surface area contributed by atoms with Crippen molar-refractivity contribution in [3.8, 4) is 0 Å². The van der Waals surface area contributed by atoms with Crippen LogP contribution >= 0.6 is 0 Å². The highest BCUT2D eigenvalue weighted by Crippen LogP contribution is 2.22. The molecular formula is C20H25FN2O3. The average Bonchev–Trinajstić information content (AvgIpc) is 3.15. The maximum absolute atomic E-state index is 13.4. The topological polar surface area (TPSA) is 66.5 Å². The lowest BCUT2D eigenvalue weighted by Gasteiger charge is -2.32. The van der Waals surface area contributed by atoms with Crippen LogP contribution in [0.25, 0.3) is 0 Å². The van der Waals surface area contributed by atoms with Crippen LogP contribution in [0.15, 0.2) is 18.2 Å². The largest absolute Gasteiger partial charge is 0.353 e. The maximum atomic E-state index is 13.4. The number of ketones is 1. The van der Waals surface area contributed by atoms with Crippen LogP contribution in [0.1, 0.15) is 54.4 Å². The monoisotopic (exact) mass is 360 g/mol. The Kier molecular flexibility index (Phi) is 5.69. The summed E-state index contributed by atoms with van der Waals surface area (Å²) in [5.41, 5.74) is 0.657. The fourth-order valence-corrected chi connectivity index (χ4v) is 3.86. The van der Waals surface area contributed by atoms with Crippen LogP contribution in [0.4, 0.5) is 4.39 Å². The van der Waals surface area contributed by atoms with Crippen molar-refractivity contribution >= 4 is 17.6 Å². The minimum absolute atomic E-state index is 0.0243. The fourth-order valence-electron chi connectivity index (χ4n) is 3.86. The van der Waals surface area contributed by atoms with Gasteiger partial charge < -0.3 is 10.2 Å². The Bertz CT molecular complexity index is 713. The van der Waals surface area contributed by atoms with E-state index in [0.717, 1.165) is 38.2 Å². The Morgan fingerprint density at radius 2 is 1.85 bits per heavy atom. The third-order valence-corrected chi connectivity index (χ3v) is 5.42. The van der Waals surface area contributed by atoms with Crippen molar-refractivity contribution < 1.29 is 18.8 Å². The first-order chi connectivity index (χ1) is 12.5. The molecule has 1 saturated heterocycles. The van der Waals surface area contributed by atoms with Gasteiger partial charge in [0.05, 0.1) is 5.92 Å². The summed E-state index contributed by atoms with van der Waals surface area (Å²) in [5.74, 6) is -2.21. The number of carbonyl (C=O) groups is 3. The van der Waals surface area contributed by atoms with E-state index in [0.29, 0.717) is 18.5 Å². The van der Waals surface area contributed by atoms with Gasteiger partial charge in [0.2, 0.25) is 5.91 Å². The van der Waals surface area contributed by atoms with Crippen LogP contribution < -0.4 is 5.32 Å². The number of carbonyl (C=O) groups excluding carboxylic acids is 3. The van der Waals surface area contributed by atoms with Gasteiger partial charge in [-0.15, -0.1) is 0 Å². The Morgan fingerprint density at radius 1 is 1.12 bits per heavy atom. The Balaban J connectivity index is 1.64. The summed E-state index contributed by atoms with van der Waals surface area (Å²) in [6.07, 6.45) is 5.71. The van der Waals surface area contributed by atoms with Gasteiger partial charge in [-0.2, -0.15) is 0 Å². The number of amides is 2. The van der Waals surface area contributed by atoms with Crippen molar-refractivity contribution in [3.05, 3.63) is 35.1 Å². The summed E-state index contributed by atoms with van der Waals surface area (Å²) in [7, 11) is 0. The third-order valence-electron chi connectivity index (χ3n) is 5.42. The Morgan fingerprint density at radius 3 is 2.58 bits per heavy atom. The molecule has 1 aliphatic carbocycles. The molecule has 0 radical (unpaired) electrons. The molecule has 0 bridgehead atoms. The molecule has 0 aromatic heterocycles. The summed E-state index contributed by atoms with van der Waals surface area (Å²) in [4.78, 5) is 39.0. The molecule has 140 valence electrons. The molecule has 5 nitrogen and oxygen atoms in total. The van der Waals surface area contributed by atoms with E-state index in [1.54, 1.807) is 6.92 Å². The van der Waals surface area contributed by atoms with Gasteiger partial charge in [-0.1, -0.05) is 18.9 Å². The van der Waals surface area contributed by atoms with E-state index in [-0.39, 0.29) is 30.0 Å². The van der Waals surface area contributed by atoms with Crippen LogP contribution in [0.5, 0.6) is 0 Å². The van der Waals surface area contributed by atoms with Crippen molar-refractivity contribution in [2.24, 2.45) is 5.92 Å². The van der Waals surface area contributed by atoms with E-state index >= 15 is 0 Å². The predicted octanol–water partition coefficient (Wildman–Crippen LogP) is 2.61. The lowest BCUT2D eigenvalue weighted by atomic mass is 9.95. The molecule has 6 heteroatoms. The highest BCUT2D eigenvalue weighted by molar-refractivity contribution is 6.43. The van der Waals surface area contributed by atoms with Crippen molar-refractivity contribution in [2.75, 3.05) is 13.1 Å². The van der Waals surface area contributed by atoms with E-state index in [4.69, 9.17) is 0 Å². The van der Waals surface area contributed by atoms with Crippen LogP contribution in [-0.2, 0) is 9.59 Å². The first-order valence-corrected chi connectivity index (χ1v) is 9.36. The van der Waals surface area contributed by atoms with E-state index in [1.165, 1.54) is 17.0 Å². The third kappa shape index (κ3) is 4.11. The number of nitrogens with zero attached hydrogens (tertiary/aromatic N) is 1. The smallest absolute Gasteiger partial charge is 0.294 e. The van der Waals surface area contributed by atoms with Crippen LogP contribution in [0.2, 0.25) is 0 Å². The molecule has 1 saturated carbocycles. The second-order valence-corrected chi connectivity index (χ2v) is 7.37. The van der Waals surface area contributed by atoms with Crippen LogP contribution in [-0.4, -0.2) is 41.6 Å². The highest BCUT2D eigenvalue weighted by atomic mass is 19.1. The van der Waals surface area contributed by atoms with Gasteiger partial charge in [0.1, 0.15) is 5.82 Å². The molecule has 1 atom stereocenters. The Labute approximate surface area is 152 Å². The van der Waals surface area contributed by atoms with Gasteiger partial charge in [0.25, 0.3) is 11.7 Å². The first-order valence-electron chi connectivity index (χ1n) is 9.36. The number of hydrogen-bond acceptors (Lipinski definition) is 3. The van der Waals surface area contributed by atoms with Gasteiger partial charge in [0, 0.05) is 24.7 Å². The second-order valence-electron chi connectivity index (χ2n) is 7.37. The molecule has 1 N–H and O–H groups in total. The van der Waals surface area contributed by atoms with Crippen molar-refractivity contribution in [2.45, 2.75) is 51.5 Å². The second kappa shape index (κ2) is 7.98. The minimum Gasteiger partial charge on any atom is -0.353 e. The van der Waals surface area contributed by atoms with Gasteiger partial charge in [-0.25, -0.2) is 4.39 Å². The summed E-state index contributed by atoms with van der Waals surface area (Å²) in [5, 5.41) is 3.07. The van der Waals surface area contributed by atoms with Crippen LogP contribution in [0, 0.1) is 18.7 Å². The van der Waals surface area contributed by atoms with Crippen molar-refractivity contribution in [1.29, 1.82) is 0 Å². The number of halogens is 1. The molecule has 3 rings (SSSR count). The number of Topliss-reactive ketones (excluding diaryl/α,β-unsaturated/α-hetero) is 1. The number of hydrogen-bond donors (Lipinski definition) is 1. The van der Waals surface area contributed by atoms with Gasteiger partial charge in [-0.05, 0) is 50.3 Å². The zero-order chi connectivity index (χ0) is 18.7. The van der Waals surface area contributed by atoms with Crippen molar-refractivity contribution in [3.63, 3.8) is 0 Å². The molecule has 1 unspecified atom stereocenters. The van der Waals surface area contributed by atoms with E-state index in [9.17, 15) is 18.8 Å². The number of aryl methyl sites for hydroxylation is 1. The number of benzene rings is 1. The molecule has 1 aliphatic heterocycles. The van der Waals surface area contributed by atoms with E-state index < -0.39 is 17.5 Å². The molecule has 2 aliphatic rings. The summed E-state index contributed by atoms with van der Waals surface area (Å²) < 4.78 is 13.4. The number of piperidine rings is 1. The molecule has 26 heavy (non-hydrogen) atoms. The van der Waals surface area contributed by atoms with Crippen LogP contribution in [0.3, 0.4) is 0 Å². The zero-order valence-corrected chi connectivity index (χ0v) is 15.1. The molecular weight excluding hydrogens is 335 g/mol. The first kappa shape index (κ1) is 18.5. The SMILES string of the molecule is Cc1ccc(F)cc1C(=O)C(=O)N1CCCC(C(=O)NC2CCCC2)C1. The molecule has 0 spiro atoms.